The summed E-state index contributed by atoms with van der Waals surface area (Å²) in [5.74, 6) is -22.0. The first-order valence-corrected chi connectivity index (χ1v) is 36.3. The lowest BCUT2D eigenvalue weighted by molar-refractivity contribution is -0.145. The van der Waals surface area contributed by atoms with Crippen molar-refractivity contribution in [3.05, 3.63) is 61.2 Å². The van der Waals surface area contributed by atoms with Gasteiger partial charge in [-0.25, -0.2) is 4.79 Å². The molecule has 13 atom stereocenters. The number of aliphatic carboxylic acids is 3. The number of carboxylic acid groups (broad SMARTS) is 3. The molecule has 616 valence electrons. The number of carbonyl (C=O) groups excluding carboxylic acids is 17. The molecular weight excluding hydrogens is 1480 g/mol. The summed E-state index contributed by atoms with van der Waals surface area (Å²) >= 11 is 0. The third-order valence-electron chi connectivity index (χ3n) is 18.2. The van der Waals surface area contributed by atoms with Crippen LogP contribution in [0.5, 0.6) is 0 Å². The number of amides is 17. The quantitative estimate of drug-likeness (QED) is 0.0213. The lowest BCUT2D eigenvalue weighted by Gasteiger charge is -2.30. The monoisotopic (exact) mass is 1580 g/mol. The highest BCUT2D eigenvalue weighted by molar-refractivity contribution is 6.01. The number of aliphatic hydroxyl groups is 2. The normalized spacial score (nSPS) is 17.6. The van der Waals surface area contributed by atoms with Crippen molar-refractivity contribution in [2.45, 2.75) is 220 Å². The van der Waals surface area contributed by atoms with Crippen LogP contribution in [0.3, 0.4) is 0 Å². The molecule has 42 nitrogen and oxygen atoms in total. The third-order valence-corrected chi connectivity index (χ3v) is 18.2. The molecule has 4 rings (SSSR count). The zero-order chi connectivity index (χ0) is 83.3. The molecule has 3 heterocycles. The molecule has 112 heavy (non-hydrogen) atoms. The number of carbonyl (C=O) groups is 20. The van der Waals surface area contributed by atoms with Crippen LogP contribution in [0.15, 0.2) is 55.6 Å². The number of benzene rings is 1. The molecular formula is C70H101N17O25. The maximum absolute atomic E-state index is 14.3. The van der Waals surface area contributed by atoms with E-state index >= 15 is 0 Å². The molecule has 0 bridgehead atoms. The molecule has 0 aliphatic carbocycles. The van der Waals surface area contributed by atoms with E-state index in [9.17, 15) is 121 Å². The highest BCUT2D eigenvalue weighted by atomic mass is 16.4. The minimum Gasteiger partial charge on any atom is -0.481 e. The summed E-state index contributed by atoms with van der Waals surface area (Å²) < 4.78 is 0. The van der Waals surface area contributed by atoms with E-state index in [1.54, 1.807) is 36.4 Å². The van der Waals surface area contributed by atoms with Crippen LogP contribution in [-0.2, 0) is 102 Å². The molecule has 0 spiro atoms. The van der Waals surface area contributed by atoms with Crippen molar-refractivity contribution < 1.29 is 121 Å². The van der Waals surface area contributed by atoms with Gasteiger partial charge < -0.3 is 116 Å². The van der Waals surface area contributed by atoms with Crippen molar-refractivity contribution in [3.8, 4) is 0 Å². The first kappa shape index (κ1) is 92.4. The van der Waals surface area contributed by atoms with Crippen LogP contribution in [0, 0.1) is 0 Å². The Bertz CT molecular complexity index is 3620. The molecule has 0 unspecified atom stereocenters. The summed E-state index contributed by atoms with van der Waals surface area (Å²) in [6, 6.07) is -12.4. The minimum absolute atomic E-state index is 0.0275. The van der Waals surface area contributed by atoms with Gasteiger partial charge in [-0.15, -0.1) is 13.2 Å². The Morgan fingerprint density at radius 3 is 1.36 bits per heavy atom. The van der Waals surface area contributed by atoms with Crippen molar-refractivity contribution in [2.24, 2.45) is 17.2 Å². The molecule has 42 heteroatoms. The predicted molar refractivity (Wildman–Crippen MR) is 387 cm³/mol. The van der Waals surface area contributed by atoms with Crippen LogP contribution in [-0.4, -0.2) is 265 Å². The van der Waals surface area contributed by atoms with Gasteiger partial charge >= 0.3 is 17.9 Å². The first-order valence-electron chi connectivity index (χ1n) is 36.3. The summed E-state index contributed by atoms with van der Waals surface area (Å²) in [6.07, 6.45) is -1.83. The standard InChI is InChI=1S/C70H101N17O25/c1-3-5-8-16-38(77-64(105)46(33-53(73)92)83-62(103)42(24-29-57(97)98)79-66(107)49-18-13-31-87(49)69(110)48(36-89)85-63(104)45(32-37-14-10-7-11-15-37)82-60(101)40-22-27-54(93)75-40)59(100)78-39(20-25-51(71)90)58(99)74-34-55(94)76-41(23-28-56(95)96)61(102)84-47(35-88)65(106)80-43(21-26-52(72)91)68(109)86-30-12-19-50(86)67(108)81-44(70(111)112)17-9-6-4-2/h3-4,7,10-11,14-15,38-50,88-89H,1-2,5-6,8-9,12-13,16-36H2,(H2,71,90)(H2,72,91)(H2,73,92)(H,74,99)(H,75,93)(H,76,94)(H,77,105)(H,78,100)(H,79,107)(H,80,106)(H,81,108)(H,82,101)(H,83,103)(H,84,102)(H,85,104)(H,95,96)(H,97,98)(H,111,112)/t38-,39-,40-,41-,42-,43-,44-,45-,46-,47-,48-,49-,50-/m0/s1. The second-order valence-electron chi connectivity index (χ2n) is 26.8. The summed E-state index contributed by atoms with van der Waals surface area (Å²) in [4.78, 5) is 267. The number of likely N-dealkylation sites (tertiary alicyclic amines) is 2. The van der Waals surface area contributed by atoms with Crippen LogP contribution in [0.4, 0.5) is 0 Å². The fourth-order valence-electron chi connectivity index (χ4n) is 12.3. The molecule has 0 saturated carbocycles. The van der Waals surface area contributed by atoms with Gasteiger partial charge in [-0.05, 0) is 102 Å². The van der Waals surface area contributed by atoms with Crippen LogP contribution in [0.25, 0.3) is 0 Å². The number of allylic oxidation sites excluding steroid dienone is 2. The predicted octanol–water partition coefficient (Wildman–Crippen LogP) is -7.63. The summed E-state index contributed by atoms with van der Waals surface area (Å²) in [5, 5.41) is 77.8. The van der Waals surface area contributed by atoms with Gasteiger partial charge in [-0.2, -0.15) is 0 Å². The van der Waals surface area contributed by atoms with Gasteiger partial charge in [0, 0.05) is 51.6 Å². The Hall–Kier alpha value is -12.0. The smallest absolute Gasteiger partial charge is 0.326 e. The molecule has 3 fully saturated rings. The van der Waals surface area contributed by atoms with Crippen LogP contribution in [0.2, 0.25) is 0 Å². The van der Waals surface area contributed by atoms with Crippen LogP contribution in [0.1, 0.15) is 140 Å². The zero-order valence-electron chi connectivity index (χ0n) is 61.6. The Morgan fingerprint density at radius 2 is 0.875 bits per heavy atom. The Balaban J connectivity index is 1.48. The number of hydrogen-bond donors (Lipinski definition) is 20. The van der Waals surface area contributed by atoms with Gasteiger partial charge in [0.1, 0.15) is 78.5 Å². The first-order chi connectivity index (χ1) is 53.1. The molecule has 0 aromatic heterocycles. The number of nitrogens with one attached hydrogen (secondary N) is 12. The maximum Gasteiger partial charge on any atom is 0.326 e. The number of nitrogens with two attached hydrogens (primary N) is 3. The van der Waals surface area contributed by atoms with E-state index < -0.39 is 269 Å². The lowest BCUT2D eigenvalue weighted by Crippen LogP contribution is -2.61. The van der Waals surface area contributed by atoms with Crippen molar-refractivity contribution in [1.29, 1.82) is 0 Å². The van der Waals surface area contributed by atoms with E-state index in [0.29, 0.717) is 18.4 Å². The van der Waals surface area contributed by atoms with Gasteiger partial charge in [0.25, 0.3) is 0 Å². The Kier molecular flexibility index (Phi) is 38.9. The molecule has 1 aromatic carbocycles. The van der Waals surface area contributed by atoms with Gasteiger partial charge in [0.05, 0.1) is 26.2 Å². The Labute approximate surface area is 642 Å². The van der Waals surface area contributed by atoms with E-state index in [1.165, 1.54) is 6.08 Å². The summed E-state index contributed by atoms with van der Waals surface area (Å²) in [7, 11) is 0. The molecule has 3 aliphatic rings. The number of rotatable bonds is 51. The summed E-state index contributed by atoms with van der Waals surface area (Å²) in [5.41, 5.74) is 16.8. The summed E-state index contributed by atoms with van der Waals surface area (Å²) in [6.45, 7) is 3.72. The molecule has 0 radical (unpaired) electrons. The fraction of sp³-hybridized carbons (Fsp3) is 0.571. The van der Waals surface area contributed by atoms with E-state index in [0.717, 1.165) is 9.80 Å². The lowest BCUT2D eigenvalue weighted by atomic mass is 10.0. The minimum atomic E-state index is -2.00. The van der Waals surface area contributed by atoms with Gasteiger partial charge in [0.2, 0.25) is 100 Å². The van der Waals surface area contributed by atoms with Crippen molar-refractivity contribution in [1.82, 2.24) is 73.6 Å². The van der Waals surface area contributed by atoms with Gasteiger partial charge in [0.15, 0.2) is 0 Å². The maximum atomic E-state index is 14.3. The van der Waals surface area contributed by atoms with E-state index in [4.69, 9.17) is 17.2 Å². The van der Waals surface area contributed by atoms with Gasteiger partial charge in [-0.1, -0.05) is 42.5 Å². The van der Waals surface area contributed by atoms with Crippen molar-refractivity contribution >= 4 is 118 Å². The number of hydrogen-bond acceptors (Lipinski definition) is 22. The number of unbranched alkanes of at least 4 members (excludes halogenated alkanes) is 2. The average molecular weight is 1580 g/mol. The second kappa shape index (κ2) is 47.2. The number of aliphatic hydroxyl groups excluding tert-OH is 2. The van der Waals surface area contributed by atoms with E-state index in [1.807, 2.05) is 0 Å². The average Bonchev–Trinajstić information content (AvgIpc) is 1.65. The molecule has 17 amide bonds. The largest absolute Gasteiger partial charge is 0.481 e. The molecule has 23 N–H and O–H groups in total. The van der Waals surface area contributed by atoms with Crippen LogP contribution >= 0.6 is 0 Å². The fourth-order valence-corrected chi connectivity index (χ4v) is 12.3. The SMILES string of the molecule is C=CCCC[C@H](NC(=O)[C@@H]1CCCN1C(=O)[C@H](CCC(N)=O)NC(=O)[C@H](CO)NC(=O)[C@H](CCC(=O)O)NC(=O)CNC(=O)[C@H](CCC(N)=O)NC(=O)[C@H](CCCC=C)NC(=O)[C@H](CC(N)=O)NC(=O)[C@H](CCC(=O)O)NC(=O)[C@@H]1CCCN1C(=O)[C@H](CO)NC(=O)[C@H](Cc1ccccc1)NC(=O)[C@@H]1CCC(=O)N1)C(=O)O. The topological polar surface area (TPSA) is 671 Å². The molecule has 3 saturated heterocycles. The second-order valence-corrected chi connectivity index (χ2v) is 26.8. The zero-order valence-corrected chi connectivity index (χ0v) is 61.6. The number of nitrogens with zero attached hydrogens (tertiary/aromatic N) is 2. The number of primary amides is 3. The van der Waals surface area contributed by atoms with Gasteiger partial charge in [-0.3, -0.25) is 91.1 Å². The van der Waals surface area contributed by atoms with Crippen LogP contribution < -0.4 is 81.0 Å². The molecule has 1 aromatic rings. The highest BCUT2D eigenvalue weighted by Crippen LogP contribution is 2.23. The molecule has 3 aliphatic heterocycles. The Morgan fingerprint density at radius 1 is 0.464 bits per heavy atom. The number of carboxylic acids is 3. The van der Waals surface area contributed by atoms with Crippen molar-refractivity contribution in [2.75, 3.05) is 32.8 Å². The highest BCUT2D eigenvalue weighted by Gasteiger charge is 2.43. The van der Waals surface area contributed by atoms with E-state index in [2.05, 4.69) is 77.0 Å². The third kappa shape index (κ3) is 31.2. The van der Waals surface area contributed by atoms with Crippen molar-refractivity contribution in [3.63, 3.8) is 0 Å². The van der Waals surface area contributed by atoms with E-state index in [-0.39, 0.29) is 89.6 Å².